The van der Waals surface area contributed by atoms with Crippen LogP contribution in [0.5, 0.6) is 5.75 Å². The lowest BCUT2D eigenvalue weighted by Gasteiger charge is -2.25. The Bertz CT molecular complexity index is 1100. The average molecular weight is 433 g/mol. The van der Waals surface area contributed by atoms with Gasteiger partial charge in [-0.1, -0.05) is 41.6 Å². The Morgan fingerprint density at radius 2 is 2.09 bits per heavy atom. The minimum atomic E-state index is -0.234. The van der Waals surface area contributed by atoms with E-state index in [4.69, 9.17) is 9.26 Å². The van der Waals surface area contributed by atoms with E-state index < -0.39 is 0 Å². The minimum Gasteiger partial charge on any atom is -0.497 e. The molecule has 1 saturated carbocycles. The molecule has 3 unspecified atom stereocenters. The first-order valence-corrected chi connectivity index (χ1v) is 11.1. The Balaban J connectivity index is 1.34. The molecule has 1 amide bonds. The molecule has 5 rings (SSSR count). The molecule has 2 aromatic carbocycles. The van der Waals surface area contributed by atoms with Gasteiger partial charge in [-0.25, -0.2) is 0 Å². The van der Waals surface area contributed by atoms with Gasteiger partial charge in [0.1, 0.15) is 5.75 Å². The van der Waals surface area contributed by atoms with Crippen LogP contribution in [0.1, 0.15) is 40.5 Å². The minimum absolute atomic E-state index is 0.0600. The van der Waals surface area contributed by atoms with Crippen LogP contribution in [-0.2, 0) is 12.0 Å². The molecule has 7 heteroatoms. The van der Waals surface area contributed by atoms with Crippen LogP contribution in [0.3, 0.4) is 0 Å². The van der Waals surface area contributed by atoms with Crippen molar-refractivity contribution in [2.45, 2.75) is 37.8 Å². The lowest BCUT2D eigenvalue weighted by Crippen LogP contribution is -2.38. The van der Waals surface area contributed by atoms with Crippen molar-refractivity contribution in [2.75, 3.05) is 20.2 Å². The number of aromatic nitrogens is 2. The predicted molar refractivity (Wildman–Crippen MR) is 119 cm³/mol. The number of benzene rings is 2. The number of nitrogens with zero attached hydrogens (tertiary/aromatic N) is 3. The Hall–Kier alpha value is -3.19. The lowest BCUT2D eigenvalue weighted by atomic mass is 9.80. The molecule has 166 valence electrons. The summed E-state index contributed by atoms with van der Waals surface area (Å²) in [4.78, 5) is 20.0. The van der Waals surface area contributed by atoms with Gasteiger partial charge in [0.15, 0.2) is 5.82 Å². The highest BCUT2D eigenvalue weighted by molar-refractivity contribution is 5.94. The third kappa shape index (κ3) is 3.88. The zero-order valence-electron chi connectivity index (χ0n) is 18.5. The maximum Gasteiger partial charge on any atom is 0.251 e. The van der Waals surface area contributed by atoms with Crippen LogP contribution in [0.4, 0.5) is 0 Å². The number of rotatable bonds is 6. The number of aryl methyl sites for hydroxylation is 1. The maximum atomic E-state index is 12.9. The third-order valence-electron chi connectivity index (χ3n) is 6.82. The Kier molecular flexibility index (Phi) is 5.43. The van der Waals surface area contributed by atoms with Crippen LogP contribution in [0.2, 0.25) is 0 Å². The fraction of sp³-hybridized carbons (Fsp3) is 0.400. The van der Waals surface area contributed by atoms with E-state index >= 15 is 0 Å². The first-order chi connectivity index (χ1) is 15.6. The second-order valence-corrected chi connectivity index (χ2v) is 9.00. The Morgan fingerprint density at radius 1 is 1.25 bits per heavy atom. The molecule has 3 aromatic rings. The summed E-state index contributed by atoms with van der Waals surface area (Å²) in [7, 11) is 1.60. The summed E-state index contributed by atoms with van der Waals surface area (Å²) in [6, 6.07) is 17.8. The van der Waals surface area contributed by atoms with Gasteiger partial charge in [-0.3, -0.25) is 9.69 Å². The molecule has 2 heterocycles. The van der Waals surface area contributed by atoms with Crippen molar-refractivity contribution in [3.63, 3.8) is 0 Å². The lowest BCUT2D eigenvalue weighted by molar-refractivity contribution is 0.0933. The normalized spacial score (nSPS) is 24.9. The number of carbonyl (C=O) groups excluding carboxylic acids is 1. The summed E-state index contributed by atoms with van der Waals surface area (Å²) in [6.45, 7) is 4.54. The van der Waals surface area contributed by atoms with Gasteiger partial charge in [0.2, 0.25) is 5.89 Å². The van der Waals surface area contributed by atoms with Crippen LogP contribution in [0.15, 0.2) is 59.1 Å². The van der Waals surface area contributed by atoms with Crippen molar-refractivity contribution in [3.05, 3.63) is 77.4 Å². The average Bonchev–Trinajstić information content (AvgIpc) is 3.47. The van der Waals surface area contributed by atoms with E-state index in [1.807, 2.05) is 31.2 Å². The van der Waals surface area contributed by atoms with Gasteiger partial charge in [-0.05, 0) is 49.4 Å². The SMILES string of the molecule is COc1cccc(C(=O)NC2CC3CN(Cc4ccccc4)CC3(c3nc(C)no3)C2)c1. The second kappa shape index (κ2) is 8.39. The van der Waals surface area contributed by atoms with Crippen molar-refractivity contribution in [1.82, 2.24) is 20.4 Å². The molecule has 2 fully saturated rings. The van der Waals surface area contributed by atoms with E-state index in [1.54, 1.807) is 13.2 Å². The number of nitrogens with one attached hydrogen (secondary N) is 1. The molecule has 0 bridgehead atoms. The fourth-order valence-corrected chi connectivity index (χ4v) is 5.41. The summed E-state index contributed by atoms with van der Waals surface area (Å²) < 4.78 is 11.0. The van der Waals surface area contributed by atoms with Crippen molar-refractivity contribution < 1.29 is 14.1 Å². The Labute approximate surface area is 187 Å². The molecule has 1 aromatic heterocycles. The number of amides is 1. The smallest absolute Gasteiger partial charge is 0.251 e. The van der Waals surface area contributed by atoms with Gasteiger partial charge in [0.25, 0.3) is 5.91 Å². The monoisotopic (exact) mass is 432 g/mol. The highest BCUT2D eigenvalue weighted by Crippen LogP contribution is 2.50. The van der Waals surface area contributed by atoms with E-state index in [0.717, 1.165) is 32.5 Å². The van der Waals surface area contributed by atoms with Crippen molar-refractivity contribution in [1.29, 1.82) is 0 Å². The number of hydrogen-bond acceptors (Lipinski definition) is 6. The zero-order chi connectivity index (χ0) is 22.1. The molecule has 32 heavy (non-hydrogen) atoms. The number of carbonyl (C=O) groups is 1. The van der Waals surface area contributed by atoms with Gasteiger partial charge in [0.05, 0.1) is 12.5 Å². The van der Waals surface area contributed by atoms with Crippen molar-refractivity contribution in [3.8, 4) is 5.75 Å². The molecule has 3 atom stereocenters. The van der Waals surface area contributed by atoms with Crippen LogP contribution in [-0.4, -0.2) is 47.2 Å². The van der Waals surface area contributed by atoms with Crippen LogP contribution in [0, 0.1) is 12.8 Å². The molecule has 2 aliphatic rings. The summed E-state index contributed by atoms with van der Waals surface area (Å²) >= 11 is 0. The summed E-state index contributed by atoms with van der Waals surface area (Å²) in [5.41, 5.74) is 1.67. The maximum absolute atomic E-state index is 12.9. The first kappa shape index (κ1) is 20.7. The van der Waals surface area contributed by atoms with E-state index in [2.05, 4.69) is 44.6 Å². The van der Waals surface area contributed by atoms with Crippen LogP contribution in [0.25, 0.3) is 0 Å². The van der Waals surface area contributed by atoms with Gasteiger partial charge >= 0.3 is 0 Å². The van der Waals surface area contributed by atoms with Gasteiger partial charge < -0.3 is 14.6 Å². The molecule has 0 spiro atoms. The summed E-state index contributed by atoms with van der Waals surface area (Å²) in [6.07, 6.45) is 1.68. The topological polar surface area (TPSA) is 80.5 Å². The van der Waals surface area contributed by atoms with E-state index in [9.17, 15) is 4.79 Å². The fourth-order valence-electron chi connectivity index (χ4n) is 5.41. The van der Waals surface area contributed by atoms with Crippen LogP contribution >= 0.6 is 0 Å². The predicted octanol–water partition coefficient (Wildman–Crippen LogP) is 3.35. The highest BCUT2D eigenvalue weighted by Gasteiger charge is 2.57. The number of fused-ring (bicyclic) bond motifs is 1. The largest absolute Gasteiger partial charge is 0.497 e. The molecule has 7 nitrogen and oxygen atoms in total. The molecular formula is C25H28N4O3. The zero-order valence-corrected chi connectivity index (χ0v) is 18.5. The number of methoxy groups -OCH3 is 1. The molecule has 0 radical (unpaired) electrons. The molecule has 1 saturated heterocycles. The van der Waals surface area contributed by atoms with Gasteiger partial charge in [-0.2, -0.15) is 4.98 Å². The summed E-state index contributed by atoms with van der Waals surface area (Å²) in [5, 5.41) is 7.31. The second-order valence-electron chi connectivity index (χ2n) is 9.00. The van der Waals surface area contributed by atoms with Gasteiger partial charge in [-0.15, -0.1) is 0 Å². The summed E-state index contributed by atoms with van der Waals surface area (Å²) in [5.74, 6) is 2.30. The van der Waals surface area contributed by atoms with Crippen molar-refractivity contribution in [2.24, 2.45) is 5.92 Å². The van der Waals surface area contributed by atoms with Gasteiger partial charge in [0, 0.05) is 31.2 Å². The third-order valence-corrected chi connectivity index (χ3v) is 6.82. The standard InChI is InChI=1S/C25H28N4O3/c1-17-26-24(32-28-17)25-13-21(27-23(30)19-9-6-10-22(11-19)31-2)12-20(25)15-29(16-25)14-18-7-4-3-5-8-18/h3-11,20-21H,12-16H2,1-2H3,(H,27,30). The molecule has 1 N–H and O–H groups in total. The van der Waals surface area contributed by atoms with Crippen molar-refractivity contribution >= 4 is 5.91 Å². The highest BCUT2D eigenvalue weighted by atomic mass is 16.5. The van der Waals surface area contributed by atoms with E-state index in [1.165, 1.54) is 5.56 Å². The number of ether oxygens (including phenoxy) is 1. The van der Waals surface area contributed by atoms with E-state index in [-0.39, 0.29) is 17.4 Å². The quantitative estimate of drug-likeness (QED) is 0.644. The molecule has 1 aliphatic heterocycles. The Morgan fingerprint density at radius 3 is 2.84 bits per heavy atom. The number of likely N-dealkylation sites (tertiary alicyclic amines) is 1. The number of hydrogen-bond donors (Lipinski definition) is 1. The molecular weight excluding hydrogens is 404 g/mol. The molecule has 1 aliphatic carbocycles. The first-order valence-electron chi connectivity index (χ1n) is 11.1. The van der Waals surface area contributed by atoms with E-state index in [0.29, 0.717) is 28.9 Å². The van der Waals surface area contributed by atoms with Crippen LogP contribution < -0.4 is 10.1 Å².